The lowest BCUT2D eigenvalue weighted by atomic mass is 10.2. The number of halogens is 1. The van der Waals surface area contributed by atoms with Gasteiger partial charge in [-0.1, -0.05) is 0 Å². The lowest BCUT2D eigenvalue weighted by Gasteiger charge is -2.12. The summed E-state index contributed by atoms with van der Waals surface area (Å²) >= 11 is 0. The van der Waals surface area contributed by atoms with Crippen molar-refractivity contribution >= 4 is 22.4 Å². The van der Waals surface area contributed by atoms with Gasteiger partial charge in [0.05, 0.1) is 24.0 Å². The smallest absolute Gasteiger partial charge is 0.184 e. The Labute approximate surface area is 126 Å². The van der Waals surface area contributed by atoms with Crippen molar-refractivity contribution in [2.45, 2.75) is 18.9 Å². The van der Waals surface area contributed by atoms with Gasteiger partial charge in [-0.15, -0.1) is 0 Å². The number of H-pyrrole nitrogens is 1. The highest BCUT2D eigenvalue weighted by atomic mass is 19.1. The minimum Gasteiger partial charge on any atom is -0.338 e. The molecule has 3 heterocycles. The zero-order chi connectivity index (χ0) is 14.9. The molecule has 1 aliphatic heterocycles. The molecule has 3 aromatic rings. The van der Waals surface area contributed by atoms with Crippen LogP contribution in [0.25, 0.3) is 10.9 Å². The summed E-state index contributed by atoms with van der Waals surface area (Å²) in [6.45, 7) is 0.950. The molecule has 2 aromatic heterocycles. The Morgan fingerprint density at radius 3 is 3.09 bits per heavy atom. The van der Waals surface area contributed by atoms with Crippen LogP contribution in [-0.4, -0.2) is 26.7 Å². The highest BCUT2D eigenvalue weighted by Gasteiger charge is 2.20. The molecule has 0 aliphatic carbocycles. The molecule has 0 saturated carbocycles. The van der Waals surface area contributed by atoms with Gasteiger partial charge >= 0.3 is 0 Å². The summed E-state index contributed by atoms with van der Waals surface area (Å²) in [5.74, 6) is 0.362. The monoisotopic (exact) mass is 298 g/mol. The van der Waals surface area contributed by atoms with E-state index in [-0.39, 0.29) is 11.9 Å². The maximum Gasteiger partial charge on any atom is 0.184 e. The van der Waals surface area contributed by atoms with Crippen LogP contribution in [0.4, 0.5) is 15.9 Å². The number of aromatic amines is 1. The Morgan fingerprint density at radius 2 is 2.23 bits per heavy atom. The van der Waals surface area contributed by atoms with Crippen molar-refractivity contribution in [3.05, 3.63) is 42.2 Å². The molecule has 1 fully saturated rings. The second-order valence-electron chi connectivity index (χ2n) is 5.37. The Morgan fingerprint density at radius 1 is 1.27 bits per heavy atom. The first kappa shape index (κ1) is 13.1. The molecule has 0 unspecified atom stereocenters. The van der Waals surface area contributed by atoms with Gasteiger partial charge in [0.2, 0.25) is 0 Å². The lowest BCUT2D eigenvalue weighted by molar-refractivity contribution is 0.577. The number of rotatable bonds is 3. The number of hydrogen-bond donors (Lipinski definition) is 3. The van der Waals surface area contributed by atoms with E-state index in [0.29, 0.717) is 5.82 Å². The molecule has 22 heavy (non-hydrogen) atoms. The normalized spacial score (nSPS) is 18.0. The Hall–Kier alpha value is -2.54. The highest BCUT2D eigenvalue weighted by molar-refractivity contribution is 5.82. The molecular formula is C15H15FN6. The van der Waals surface area contributed by atoms with Crippen molar-refractivity contribution in [3.63, 3.8) is 0 Å². The Bertz CT molecular complexity index is 809. The van der Waals surface area contributed by atoms with Crippen LogP contribution in [0.2, 0.25) is 0 Å². The van der Waals surface area contributed by atoms with Crippen molar-refractivity contribution in [1.29, 1.82) is 0 Å². The predicted molar refractivity (Wildman–Crippen MR) is 81.3 cm³/mol. The van der Waals surface area contributed by atoms with Crippen molar-refractivity contribution in [3.8, 4) is 0 Å². The number of hydrogen-bond acceptors (Lipinski definition) is 5. The quantitative estimate of drug-likeness (QED) is 0.693. The Balaban J connectivity index is 1.64. The van der Waals surface area contributed by atoms with Crippen LogP contribution in [0.1, 0.15) is 24.7 Å². The fraction of sp³-hybridized carbons (Fsp3) is 0.267. The zero-order valence-electron chi connectivity index (χ0n) is 11.8. The fourth-order valence-electron chi connectivity index (χ4n) is 2.70. The van der Waals surface area contributed by atoms with E-state index in [1.54, 1.807) is 6.20 Å². The number of nitrogens with zero attached hydrogens (tertiary/aromatic N) is 3. The number of anilines is 2. The summed E-state index contributed by atoms with van der Waals surface area (Å²) < 4.78 is 14.0. The van der Waals surface area contributed by atoms with Crippen LogP contribution in [0.15, 0.2) is 30.6 Å². The first-order chi connectivity index (χ1) is 10.8. The molecule has 1 aliphatic rings. The minimum absolute atomic E-state index is 0.109. The van der Waals surface area contributed by atoms with Gasteiger partial charge in [0.1, 0.15) is 5.82 Å². The summed E-state index contributed by atoms with van der Waals surface area (Å²) in [4.78, 5) is 8.43. The van der Waals surface area contributed by atoms with Crippen molar-refractivity contribution in [1.82, 2.24) is 25.5 Å². The van der Waals surface area contributed by atoms with Gasteiger partial charge in [0, 0.05) is 11.1 Å². The number of aromatic nitrogens is 4. The van der Waals surface area contributed by atoms with Crippen LogP contribution in [0, 0.1) is 5.82 Å². The Kier molecular flexibility index (Phi) is 3.19. The average molecular weight is 298 g/mol. The molecule has 4 rings (SSSR count). The molecule has 1 atom stereocenters. The first-order valence-corrected chi connectivity index (χ1v) is 7.25. The van der Waals surface area contributed by atoms with E-state index in [1.165, 1.54) is 6.20 Å². The van der Waals surface area contributed by atoms with Crippen LogP contribution >= 0.6 is 0 Å². The van der Waals surface area contributed by atoms with Crippen LogP contribution in [-0.2, 0) is 0 Å². The fourth-order valence-corrected chi connectivity index (χ4v) is 2.70. The maximum absolute atomic E-state index is 14.0. The third-order valence-corrected chi connectivity index (χ3v) is 3.84. The van der Waals surface area contributed by atoms with Gasteiger partial charge in [-0.3, -0.25) is 5.10 Å². The van der Waals surface area contributed by atoms with Crippen LogP contribution < -0.4 is 10.6 Å². The zero-order valence-corrected chi connectivity index (χ0v) is 11.8. The molecule has 7 heteroatoms. The maximum atomic E-state index is 14.0. The molecule has 112 valence electrons. The van der Waals surface area contributed by atoms with Gasteiger partial charge in [-0.25, -0.2) is 14.4 Å². The second kappa shape index (κ2) is 5.34. The summed E-state index contributed by atoms with van der Waals surface area (Å²) in [6, 6.07) is 5.75. The van der Waals surface area contributed by atoms with Crippen LogP contribution in [0.5, 0.6) is 0 Å². The largest absolute Gasteiger partial charge is 0.338 e. The van der Waals surface area contributed by atoms with Gasteiger partial charge < -0.3 is 10.6 Å². The molecule has 6 nitrogen and oxygen atoms in total. The van der Waals surface area contributed by atoms with Crippen molar-refractivity contribution in [2.75, 3.05) is 11.9 Å². The van der Waals surface area contributed by atoms with Gasteiger partial charge in [0.25, 0.3) is 0 Å². The standard InChI is InChI=1S/C15H15FN6/c16-11-8-18-15(13-2-1-5-17-13)21-14(11)20-10-3-4-12-9(6-10)7-19-22-12/h3-4,6-8,13,17H,1-2,5H2,(H,19,22)(H,18,20,21)/t13-/m1/s1. The van der Waals surface area contributed by atoms with E-state index in [2.05, 4.69) is 30.8 Å². The third kappa shape index (κ3) is 2.39. The van der Waals surface area contributed by atoms with E-state index in [0.717, 1.165) is 36.0 Å². The summed E-state index contributed by atoms with van der Waals surface area (Å²) in [5.41, 5.74) is 1.70. The molecular weight excluding hydrogens is 283 g/mol. The van der Waals surface area contributed by atoms with E-state index in [1.807, 2.05) is 18.2 Å². The highest BCUT2D eigenvalue weighted by Crippen LogP contribution is 2.24. The minimum atomic E-state index is -0.464. The molecule has 0 amide bonds. The summed E-state index contributed by atoms with van der Waals surface area (Å²) in [5, 5.41) is 14.1. The number of nitrogens with one attached hydrogen (secondary N) is 3. The number of fused-ring (bicyclic) bond motifs is 1. The topological polar surface area (TPSA) is 78.5 Å². The molecule has 0 spiro atoms. The molecule has 3 N–H and O–H groups in total. The SMILES string of the molecule is Fc1cnc([C@H]2CCCN2)nc1Nc1ccc2[nH]ncc2c1. The third-order valence-electron chi connectivity index (χ3n) is 3.84. The molecule has 1 aromatic carbocycles. The lowest BCUT2D eigenvalue weighted by Crippen LogP contribution is -2.16. The van der Waals surface area contributed by atoms with E-state index < -0.39 is 5.82 Å². The number of benzene rings is 1. The summed E-state index contributed by atoms with van der Waals surface area (Å²) in [7, 11) is 0. The van der Waals surface area contributed by atoms with E-state index >= 15 is 0 Å². The predicted octanol–water partition coefficient (Wildman–Crippen LogP) is 2.66. The first-order valence-electron chi connectivity index (χ1n) is 7.25. The van der Waals surface area contributed by atoms with Gasteiger partial charge in [-0.05, 0) is 37.6 Å². The summed E-state index contributed by atoms with van der Waals surface area (Å²) in [6.07, 6.45) is 5.02. The van der Waals surface area contributed by atoms with Crippen LogP contribution in [0.3, 0.4) is 0 Å². The van der Waals surface area contributed by atoms with Gasteiger partial charge in [-0.2, -0.15) is 5.10 Å². The van der Waals surface area contributed by atoms with Gasteiger partial charge in [0.15, 0.2) is 11.6 Å². The van der Waals surface area contributed by atoms with Crippen molar-refractivity contribution < 1.29 is 4.39 Å². The molecule has 1 saturated heterocycles. The average Bonchev–Trinajstić information content (AvgIpc) is 3.19. The molecule has 0 radical (unpaired) electrons. The van der Waals surface area contributed by atoms with E-state index in [4.69, 9.17) is 0 Å². The molecule has 0 bridgehead atoms. The van der Waals surface area contributed by atoms with E-state index in [9.17, 15) is 4.39 Å². The van der Waals surface area contributed by atoms with Crippen molar-refractivity contribution in [2.24, 2.45) is 0 Å². The second-order valence-corrected chi connectivity index (χ2v) is 5.37.